The third kappa shape index (κ3) is 19.6. The number of hydrogen-bond donors (Lipinski definition) is 1. The molecule has 168 valence electrons. The number of hydrogen-bond acceptors (Lipinski definition) is 2. The normalized spacial score (nSPS) is 14.4. The maximum absolute atomic E-state index is 4.94. The number of nitrogens with one attached hydrogen (secondary N) is 1. The van der Waals surface area contributed by atoms with Crippen molar-refractivity contribution >= 4 is 36.0 Å². The fourth-order valence-electron chi connectivity index (χ4n) is 3.28. The van der Waals surface area contributed by atoms with E-state index in [4.69, 9.17) is 24.9 Å². The van der Waals surface area contributed by atoms with Crippen LogP contribution in [-0.2, 0) is 17.9 Å². The quantitative estimate of drug-likeness (QED) is 0.191. The molecular weight excluding hydrogens is 459 g/mol. The summed E-state index contributed by atoms with van der Waals surface area (Å²) in [4.78, 5) is 0. The first kappa shape index (κ1) is 31.1. The van der Waals surface area contributed by atoms with Crippen molar-refractivity contribution in [3.05, 3.63) is 0 Å². The Balaban J connectivity index is 0. The van der Waals surface area contributed by atoms with Crippen molar-refractivity contribution in [3.63, 3.8) is 0 Å². The zero-order chi connectivity index (χ0) is 21.2. The summed E-state index contributed by atoms with van der Waals surface area (Å²) in [5.41, 5.74) is 3.50. The second-order valence-electron chi connectivity index (χ2n) is 7.97. The van der Waals surface area contributed by atoms with Gasteiger partial charge in [-0.1, -0.05) is 55.4 Å². The van der Waals surface area contributed by atoms with Crippen molar-refractivity contribution in [1.29, 1.82) is 0 Å². The van der Waals surface area contributed by atoms with Crippen LogP contribution in [0.4, 0.5) is 0 Å². The second-order valence-corrected chi connectivity index (χ2v) is 16.9. The molecule has 1 aliphatic heterocycles. The zero-order valence-electron chi connectivity index (χ0n) is 18.9. The maximum atomic E-state index is 4.94. The third-order valence-corrected chi connectivity index (χ3v) is 11.4. The first-order valence-electron chi connectivity index (χ1n) is 10.3. The van der Waals surface area contributed by atoms with E-state index < -0.39 is 0 Å². The number of rotatable bonds is 10. The second kappa shape index (κ2) is 21.1. The van der Waals surface area contributed by atoms with Gasteiger partial charge in [-0.2, -0.15) is 0 Å². The first-order valence-corrected chi connectivity index (χ1v) is 16.7. The van der Waals surface area contributed by atoms with Crippen LogP contribution in [0.1, 0.15) is 68.2 Å². The van der Waals surface area contributed by atoms with E-state index in [2.05, 4.69) is 60.7 Å². The van der Waals surface area contributed by atoms with Crippen LogP contribution < -0.4 is 5.32 Å². The molecule has 0 atom stereocenters. The van der Waals surface area contributed by atoms with Crippen molar-refractivity contribution in [2.24, 2.45) is 0 Å². The minimum atomic E-state index is 0.194. The first-order chi connectivity index (χ1) is 12.7. The predicted molar refractivity (Wildman–Crippen MR) is 129 cm³/mol. The van der Waals surface area contributed by atoms with Crippen LogP contribution in [0.25, 0.3) is 0 Å². The summed E-state index contributed by atoms with van der Waals surface area (Å²) in [7, 11) is 9.94. The molecule has 0 spiro atoms. The van der Waals surface area contributed by atoms with Gasteiger partial charge in [0.2, 0.25) is 0 Å². The van der Waals surface area contributed by atoms with Crippen LogP contribution in [0.2, 0.25) is 0 Å². The van der Waals surface area contributed by atoms with Gasteiger partial charge in [-0.25, -0.2) is 0 Å². The van der Waals surface area contributed by atoms with E-state index in [9.17, 15) is 0 Å². The summed E-state index contributed by atoms with van der Waals surface area (Å²) in [6.45, 7) is 23.6. The van der Waals surface area contributed by atoms with Gasteiger partial charge in [0.05, 0.1) is 0 Å². The van der Waals surface area contributed by atoms with E-state index in [-0.39, 0.29) is 29.0 Å². The molecule has 1 saturated heterocycles. The summed E-state index contributed by atoms with van der Waals surface area (Å²) in [5.74, 6) is 0. The minimum absolute atomic E-state index is 0.194. The summed E-state index contributed by atoms with van der Waals surface area (Å²) < 4.78 is 4.94. The molecule has 1 heterocycles. The standard InChI is InChI=1S/C16H37NP2.C4H8O.2ClH.Fe/c1-13(2)18(14(3)4)11-9-17-10-12-19(15(5)6)16(7)8;1-2-4-5-3-1;;;/h13-17H,9-12H2,1-8H3;1-4H2;2*1H;/q;;;;+2/p-2. The zero-order valence-corrected chi connectivity index (χ0v) is 23.3. The van der Waals surface area contributed by atoms with Gasteiger partial charge in [0.15, 0.2) is 0 Å². The van der Waals surface area contributed by atoms with Crippen molar-refractivity contribution in [1.82, 2.24) is 5.32 Å². The van der Waals surface area contributed by atoms with Crippen molar-refractivity contribution < 1.29 is 17.9 Å². The van der Waals surface area contributed by atoms with Gasteiger partial charge in [0.25, 0.3) is 0 Å². The molecule has 1 rings (SSSR count). The molecule has 2 nitrogen and oxygen atoms in total. The number of ether oxygens (including phenoxy) is 1. The molecule has 0 amide bonds. The monoisotopic (exact) mass is 503 g/mol. The number of halogens is 2. The molecule has 0 aromatic rings. The molecule has 0 unspecified atom stereocenters. The van der Waals surface area contributed by atoms with Crippen LogP contribution in [0.3, 0.4) is 0 Å². The molecule has 27 heavy (non-hydrogen) atoms. The van der Waals surface area contributed by atoms with E-state index in [0.717, 1.165) is 35.8 Å². The molecule has 0 bridgehead atoms. The van der Waals surface area contributed by atoms with Gasteiger partial charge in [-0.05, 0) is 60.9 Å². The van der Waals surface area contributed by atoms with Crippen LogP contribution in [0, 0.1) is 0 Å². The van der Waals surface area contributed by atoms with Crippen molar-refractivity contribution in [2.75, 3.05) is 38.6 Å². The average molecular weight is 504 g/mol. The molecule has 0 aromatic carbocycles. The molecule has 0 saturated carbocycles. The molecule has 1 aliphatic rings. The third-order valence-electron chi connectivity index (χ3n) is 4.57. The molecule has 1 N–H and O–H groups in total. The van der Waals surface area contributed by atoms with Crippen LogP contribution in [0.15, 0.2) is 0 Å². The molecular formula is C20H45Cl2FeNOP2. The fraction of sp³-hybridized carbons (Fsp3) is 1.00. The van der Waals surface area contributed by atoms with Gasteiger partial charge < -0.3 is 10.1 Å². The summed E-state index contributed by atoms with van der Waals surface area (Å²) in [6, 6.07) is 0. The Kier molecular flexibility index (Phi) is 24.3. The molecule has 1 fully saturated rings. The Hall–Kier alpha value is 1.88. The van der Waals surface area contributed by atoms with Crippen molar-refractivity contribution in [3.8, 4) is 0 Å². The van der Waals surface area contributed by atoms with E-state index >= 15 is 0 Å². The van der Waals surface area contributed by atoms with E-state index in [1.165, 1.54) is 38.3 Å². The summed E-state index contributed by atoms with van der Waals surface area (Å²) in [5, 5.41) is 3.70. The van der Waals surface area contributed by atoms with Gasteiger partial charge in [0.1, 0.15) is 0 Å². The van der Waals surface area contributed by atoms with E-state index in [1.807, 2.05) is 0 Å². The predicted octanol–water partition coefficient (Wildman–Crippen LogP) is 7.35. The Bertz CT molecular complexity index is 262. The van der Waals surface area contributed by atoms with Gasteiger partial charge >= 0.3 is 33.3 Å². The van der Waals surface area contributed by atoms with Gasteiger partial charge in [-0.15, -0.1) is 15.8 Å². The summed E-state index contributed by atoms with van der Waals surface area (Å²) >= 11 is 0.194. The van der Waals surface area contributed by atoms with E-state index in [0.29, 0.717) is 0 Å². The molecule has 0 aliphatic carbocycles. The Labute approximate surface area is 188 Å². The van der Waals surface area contributed by atoms with Gasteiger partial charge in [0, 0.05) is 13.2 Å². The topological polar surface area (TPSA) is 21.3 Å². The Morgan fingerprint density at radius 2 is 1.04 bits per heavy atom. The van der Waals surface area contributed by atoms with E-state index in [1.54, 1.807) is 0 Å². The van der Waals surface area contributed by atoms with Crippen LogP contribution in [0.5, 0.6) is 0 Å². The molecule has 0 aromatic heterocycles. The molecule has 0 radical (unpaired) electrons. The van der Waals surface area contributed by atoms with Crippen molar-refractivity contribution in [2.45, 2.75) is 90.9 Å². The molecule has 7 heteroatoms. The van der Waals surface area contributed by atoms with Gasteiger partial charge in [-0.3, -0.25) is 0 Å². The summed E-state index contributed by atoms with van der Waals surface area (Å²) in [6.07, 6.45) is 5.35. The average Bonchev–Trinajstić information content (AvgIpc) is 3.13. The Morgan fingerprint density at radius 1 is 0.741 bits per heavy atom. The Morgan fingerprint density at radius 3 is 1.22 bits per heavy atom. The van der Waals surface area contributed by atoms with Crippen LogP contribution in [-0.4, -0.2) is 61.3 Å². The SMILES string of the molecule is C1CCOC1.CC(C)P(CCNCCP(C(C)C)C(C)C)C(C)C.[Cl][Fe][Cl]. The fourth-order valence-corrected chi connectivity index (χ4v) is 8.56. The van der Waals surface area contributed by atoms with Crippen LogP contribution >= 0.6 is 36.0 Å².